The highest BCUT2D eigenvalue weighted by molar-refractivity contribution is 6.31. The molecule has 21 heavy (non-hydrogen) atoms. The molecule has 6 heteroatoms. The molecule has 0 atom stereocenters. The number of carbonyl (C=O) groups excluding carboxylic acids is 1. The molecule has 0 spiro atoms. The third kappa shape index (κ3) is 2.88. The van der Waals surface area contributed by atoms with E-state index in [9.17, 15) is 9.59 Å². The monoisotopic (exact) mass is 306 g/mol. The molecule has 1 saturated carbocycles. The Labute approximate surface area is 126 Å². The summed E-state index contributed by atoms with van der Waals surface area (Å²) in [6.45, 7) is 0.206. The summed E-state index contributed by atoms with van der Waals surface area (Å²) in [7, 11) is 0. The van der Waals surface area contributed by atoms with Crippen LogP contribution in [0.25, 0.3) is 10.9 Å². The third-order valence-corrected chi connectivity index (χ3v) is 4.14. The predicted octanol–water partition coefficient (Wildman–Crippen LogP) is 2.27. The first kappa shape index (κ1) is 13.9. The molecule has 0 saturated heterocycles. The number of nitrogens with one attached hydrogen (secondary N) is 1. The number of carboxylic acid groups (broad SMARTS) is 1. The quantitative estimate of drug-likeness (QED) is 0.910. The maximum Gasteiger partial charge on any atom is 0.306 e. The molecule has 2 aromatic rings. The van der Waals surface area contributed by atoms with Gasteiger partial charge in [0.2, 0.25) is 5.91 Å². The Kier molecular flexibility index (Phi) is 3.59. The van der Waals surface area contributed by atoms with Gasteiger partial charge in [-0.3, -0.25) is 9.59 Å². The SMILES string of the molecule is O=C(Cn1ccc2ccc(Cl)cc21)NC1CC(C(=O)O)C1. The number of fused-ring (bicyclic) bond motifs is 1. The van der Waals surface area contributed by atoms with Gasteiger partial charge in [0.25, 0.3) is 0 Å². The summed E-state index contributed by atoms with van der Waals surface area (Å²) >= 11 is 5.98. The molecule has 1 aliphatic carbocycles. The number of hydrogen-bond acceptors (Lipinski definition) is 2. The Bertz CT molecular complexity index is 704. The van der Waals surface area contributed by atoms with Crippen molar-refractivity contribution in [3.63, 3.8) is 0 Å². The zero-order valence-electron chi connectivity index (χ0n) is 11.3. The third-order valence-electron chi connectivity index (χ3n) is 3.90. The van der Waals surface area contributed by atoms with Crippen LogP contribution in [0.3, 0.4) is 0 Å². The molecule has 1 aliphatic rings. The molecule has 1 aromatic heterocycles. The van der Waals surface area contributed by atoms with Crippen LogP contribution in [-0.4, -0.2) is 27.6 Å². The van der Waals surface area contributed by atoms with Crippen LogP contribution in [0.1, 0.15) is 12.8 Å². The van der Waals surface area contributed by atoms with Gasteiger partial charge in [-0.2, -0.15) is 0 Å². The van der Waals surface area contributed by atoms with Crippen molar-refractivity contribution in [2.24, 2.45) is 5.92 Å². The number of carbonyl (C=O) groups is 2. The van der Waals surface area contributed by atoms with Gasteiger partial charge >= 0.3 is 5.97 Å². The smallest absolute Gasteiger partial charge is 0.306 e. The van der Waals surface area contributed by atoms with E-state index in [4.69, 9.17) is 16.7 Å². The van der Waals surface area contributed by atoms with Crippen molar-refractivity contribution in [3.8, 4) is 0 Å². The molecule has 1 fully saturated rings. The van der Waals surface area contributed by atoms with Crippen molar-refractivity contribution in [2.75, 3.05) is 0 Å². The first-order valence-corrected chi connectivity index (χ1v) is 7.17. The van der Waals surface area contributed by atoms with Gasteiger partial charge in [0, 0.05) is 22.8 Å². The predicted molar refractivity (Wildman–Crippen MR) is 79.2 cm³/mol. The van der Waals surface area contributed by atoms with Crippen molar-refractivity contribution in [1.29, 1.82) is 0 Å². The molecule has 1 heterocycles. The lowest BCUT2D eigenvalue weighted by molar-refractivity contribution is -0.146. The minimum absolute atomic E-state index is 0.0241. The van der Waals surface area contributed by atoms with Crippen LogP contribution in [0, 0.1) is 5.92 Å². The summed E-state index contributed by atoms with van der Waals surface area (Å²) in [6.07, 6.45) is 2.88. The van der Waals surface area contributed by atoms with E-state index in [2.05, 4.69) is 5.32 Å². The minimum atomic E-state index is -0.786. The van der Waals surface area contributed by atoms with Gasteiger partial charge in [0.1, 0.15) is 6.54 Å². The van der Waals surface area contributed by atoms with Gasteiger partial charge in [-0.05, 0) is 36.4 Å². The average molecular weight is 307 g/mol. The van der Waals surface area contributed by atoms with Gasteiger partial charge in [-0.15, -0.1) is 0 Å². The molecule has 0 bridgehead atoms. The van der Waals surface area contributed by atoms with Crippen molar-refractivity contribution >= 4 is 34.4 Å². The number of carboxylic acids is 1. The molecular formula is C15H15ClN2O3. The molecule has 5 nitrogen and oxygen atoms in total. The number of hydrogen-bond donors (Lipinski definition) is 2. The van der Waals surface area contributed by atoms with Gasteiger partial charge in [0.05, 0.1) is 5.92 Å². The number of amides is 1. The number of aromatic nitrogens is 1. The summed E-state index contributed by atoms with van der Waals surface area (Å²) in [6, 6.07) is 7.46. The summed E-state index contributed by atoms with van der Waals surface area (Å²) in [5.74, 6) is -1.21. The summed E-state index contributed by atoms with van der Waals surface area (Å²) in [4.78, 5) is 22.7. The maximum atomic E-state index is 12.0. The van der Waals surface area contributed by atoms with Gasteiger partial charge in [-0.1, -0.05) is 17.7 Å². The number of aliphatic carboxylic acids is 1. The molecule has 2 N–H and O–H groups in total. The molecule has 1 aromatic carbocycles. The van der Waals surface area contributed by atoms with E-state index in [1.165, 1.54) is 0 Å². The Morgan fingerprint density at radius 3 is 2.81 bits per heavy atom. The lowest BCUT2D eigenvalue weighted by Crippen LogP contribution is -2.47. The van der Waals surface area contributed by atoms with E-state index in [0.29, 0.717) is 17.9 Å². The molecular weight excluding hydrogens is 292 g/mol. The summed E-state index contributed by atoms with van der Waals surface area (Å²) < 4.78 is 1.84. The normalized spacial score (nSPS) is 21.0. The number of benzene rings is 1. The van der Waals surface area contributed by atoms with E-state index < -0.39 is 5.97 Å². The molecule has 3 rings (SSSR count). The zero-order chi connectivity index (χ0) is 15.0. The molecule has 110 valence electrons. The first-order valence-electron chi connectivity index (χ1n) is 6.79. The van der Waals surface area contributed by atoms with Gasteiger partial charge in [-0.25, -0.2) is 0 Å². The minimum Gasteiger partial charge on any atom is -0.481 e. The summed E-state index contributed by atoms with van der Waals surface area (Å²) in [5.41, 5.74) is 0.912. The number of rotatable bonds is 4. The Balaban J connectivity index is 1.62. The molecule has 0 aliphatic heterocycles. The van der Waals surface area contributed by atoms with Gasteiger partial charge in [0.15, 0.2) is 0 Å². The standard InChI is InChI=1S/C15H15ClN2O3/c16-11-2-1-9-3-4-18(13(9)7-11)8-14(19)17-12-5-10(6-12)15(20)21/h1-4,7,10,12H,5-6,8H2,(H,17,19)(H,20,21). The second-order valence-corrected chi connectivity index (χ2v) is 5.85. The average Bonchev–Trinajstić information content (AvgIpc) is 2.75. The maximum absolute atomic E-state index is 12.0. The summed E-state index contributed by atoms with van der Waals surface area (Å²) in [5, 5.41) is 13.3. The van der Waals surface area contributed by atoms with Crippen molar-refractivity contribution in [3.05, 3.63) is 35.5 Å². The fourth-order valence-electron chi connectivity index (χ4n) is 2.66. The lowest BCUT2D eigenvalue weighted by atomic mass is 9.80. The van der Waals surface area contributed by atoms with Crippen molar-refractivity contribution in [2.45, 2.75) is 25.4 Å². The fraction of sp³-hybridized carbons (Fsp3) is 0.333. The van der Waals surface area contributed by atoms with Crippen molar-refractivity contribution < 1.29 is 14.7 Å². The molecule has 0 radical (unpaired) electrons. The van der Waals surface area contributed by atoms with E-state index in [1.807, 2.05) is 35.0 Å². The second kappa shape index (κ2) is 5.41. The highest BCUT2D eigenvalue weighted by Crippen LogP contribution is 2.27. The molecule has 0 unspecified atom stereocenters. The number of halogens is 1. The van der Waals surface area contributed by atoms with Crippen LogP contribution in [0.15, 0.2) is 30.5 Å². The largest absolute Gasteiger partial charge is 0.481 e. The van der Waals surface area contributed by atoms with Crippen LogP contribution in [0.5, 0.6) is 0 Å². The van der Waals surface area contributed by atoms with Crippen LogP contribution in [0.2, 0.25) is 5.02 Å². The zero-order valence-corrected chi connectivity index (χ0v) is 12.0. The van der Waals surface area contributed by atoms with E-state index in [0.717, 1.165) is 10.9 Å². The van der Waals surface area contributed by atoms with Crippen LogP contribution < -0.4 is 5.32 Å². The highest BCUT2D eigenvalue weighted by atomic mass is 35.5. The number of nitrogens with zero attached hydrogens (tertiary/aromatic N) is 1. The Morgan fingerprint density at radius 1 is 1.33 bits per heavy atom. The Hall–Kier alpha value is -2.01. The van der Waals surface area contributed by atoms with Crippen LogP contribution >= 0.6 is 11.6 Å². The topological polar surface area (TPSA) is 71.3 Å². The van der Waals surface area contributed by atoms with Gasteiger partial charge < -0.3 is 15.0 Å². The lowest BCUT2D eigenvalue weighted by Gasteiger charge is -2.32. The van der Waals surface area contributed by atoms with E-state index in [1.54, 1.807) is 0 Å². The first-order chi connectivity index (χ1) is 10.0. The second-order valence-electron chi connectivity index (χ2n) is 5.42. The van der Waals surface area contributed by atoms with E-state index >= 15 is 0 Å². The fourth-order valence-corrected chi connectivity index (χ4v) is 2.83. The van der Waals surface area contributed by atoms with Crippen LogP contribution in [0.4, 0.5) is 0 Å². The van der Waals surface area contributed by atoms with E-state index in [-0.39, 0.29) is 24.4 Å². The Morgan fingerprint density at radius 2 is 2.10 bits per heavy atom. The van der Waals surface area contributed by atoms with Crippen molar-refractivity contribution in [1.82, 2.24) is 9.88 Å². The van der Waals surface area contributed by atoms with Crippen LogP contribution in [-0.2, 0) is 16.1 Å². The highest BCUT2D eigenvalue weighted by Gasteiger charge is 2.35. The molecule has 1 amide bonds.